The van der Waals surface area contributed by atoms with E-state index in [4.69, 9.17) is 0 Å². The third-order valence-corrected chi connectivity index (χ3v) is 2.76. The van der Waals surface area contributed by atoms with E-state index in [0.717, 1.165) is 0 Å². The predicted octanol–water partition coefficient (Wildman–Crippen LogP) is 2.06. The average Bonchev–Trinajstić information content (AvgIpc) is 2.08. The molecule has 2 nitrogen and oxygen atoms in total. The summed E-state index contributed by atoms with van der Waals surface area (Å²) in [5.41, 5.74) is -0.951. The summed E-state index contributed by atoms with van der Waals surface area (Å²) in [5.74, 6) is 0. The maximum atomic E-state index is 11.9. The van der Waals surface area contributed by atoms with Crippen molar-refractivity contribution < 1.29 is 13.2 Å². The molecule has 0 saturated heterocycles. The molecular weight excluding hydrogens is 294 g/mol. The molecule has 0 bridgehead atoms. The summed E-state index contributed by atoms with van der Waals surface area (Å²) in [5, 5.41) is 0. The van der Waals surface area contributed by atoms with Gasteiger partial charge in [-0.25, -0.2) is 0 Å². The van der Waals surface area contributed by atoms with E-state index in [9.17, 15) is 18.0 Å². The molecule has 7 heteroatoms. The van der Waals surface area contributed by atoms with Crippen LogP contribution in [0.5, 0.6) is 0 Å². The molecular formula is C4HF3INOS. The van der Waals surface area contributed by atoms with Gasteiger partial charge < -0.3 is 4.98 Å². The normalized spacial score (nSPS) is 12.0. The van der Waals surface area contributed by atoms with Crippen LogP contribution in [0.3, 0.4) is 0 Å². The van der Waals surface area contributed by atoms with Crippen molar-refractivity contribution in [2.45, 2.75) is 6.18 Å². The second-order valence-electron chi connectivity index (χ2n) is 1.66. The molecule has 0 unspecified atom stereocenters. The number of thiazole rings is 1. The van der Waals surface area contributed by atoms with E-state index in [0.29, 0.717) is 11.3 Å². The summed E-state index contributed by atoms with van der Waals surface area (Å²) in [6, 6.07) is 0. The topological polar surface area (TPSA) is 32.9 Å². The molecule has 0 atom stereocenters. The summed E-state index contributed by atoms with van der Waals surface area (Å²) >= 11 is 2.03. The van der Waals surface area contributed by atoms with E-state index in [1.54, 1.807) is 4.98 Å². The molecule has 1 heterocycles. The molecule has 1 N–H and O–H groups in total. The minimum atomic E-state index is -4.45. The Kier molecular flexibility index (Phi) is 2.28. The number of aromatic amines is 1. The lowest BCUT2D eigenvalue weighted by atomic mass is 10.5. The van der Waals surface area contributed by atoms with Crippen molar-refractivity contribution in [3.05, 3.63) is 18.2 Å². The van der Waals surface area contributed by atoms with Gasteiger partial charge in [0, 0.05) is 0 Å². The van der Waals surface area contributed by atoms with Crippen molar-refractivity contribution in [3.63, 3.8) is 0 Å². The molecule has 1 rings (SSSR count). The third kappa shape index (κ3) is 1.95. The van der Waals surface area contributed by atoms with Crippen molar-refractivity contribution in [1.29, 1.82) is 0 Å². The van der Waals surface area contributed by atoms with Gasteiger partial charge in [-0.1, -0.05) is 11.3 Å². The summed E-state index contributed by atoms with van der Waals surface area (Å²) in [4.78, 5) is 11.5. The fourth-order valence-corrected chi connectivity index (χ4v) is 2.12. The highest BCUT2D eigenvalue weighted by Crippen LogP contribution is 2.31. The third-order valence-electron chi connectivity index (χ3n) is 0.889. The summed E-state index contributed by atoms with van der Waals surface area (Å²) < 4.78 is 35.6. The molecule has 0 aliphatic carbocycles. The van der Waals surface area contributed by atoms with E-state index >= 15 is 0 Å². The van der Waals surface area contributed by atoms with Crippen LogP contribution in [0.25, 0.3) is 0 Å². The number of nitrogens with one attached hydrogen (secondary N) is 1. The summed E-state index contributed by atoms with van der Waals surface area (Å²) in [6.07, 6.45) is -4.45. The van der Waals surface area contributed by atoms with Crippen LogP contribution >= 0.6 is 33.9 Å². The summed E-state index contributed by atoms with van der Waals surface area (Å²) in [7, 11) is 0. The van der Waals surface area contributed by atoms with E-state index in [1.165, 1.54) is 22.6 Å². The van der Waals surface area contributed by atoms with Crippen molar-refractivity contribution >= 4 is 33.9 Å². The molecule has 1 aromatic rings. The number of aromatic nitrogens is 1. The molecule has 0 spiro atoms. The fourth-order valence-electron chi connectivity index (χ4n) is 0.491. The van der Waals surface area contributed by atoms with Gasteiger partial charge in [-0.3, -0.25) is 4.79 Å². The van der Waals surface area contributed by atoms with Crippen LogP contribution in [0.2, 0.25) is 0 Å². The number of halogens is 4. The van der Waals surface area contributed by atoms with Crippen molar-refractivity contribution in [2.24, 2.45) is 0 Å². The van der Waals surface area contributed by atoms with Gasteiger partial charge in [-0.15, -0.1) is 0 Å². The van der Waals surface area contributed by atoms with Gasteiger partial charge in [-0.05, 0) is 22.6 Å². The van der Waals surface area contributed by atoms with Gasteiger partial charge in [0.25, 0.3) is 0 Å². The molecule has 0 aromatic carbocycles. The molecule has 0 aliphatic rings. The van der Waals surface area contributed by atoms with Gasteiger partial charge in [0.15, 0.2) is 0 Å². The highest BCUT2D eigenvalue weighted by Gasteiger charge is 2.35. The van der Waals surface area contributed by atoms with Crippen LogP contribution in [-0.2, 0) is 6.18 Å². The number of hydrogen-bond donors (Lipinski definition) is 1. The van der Waals surface area contributed by atoms with E-state index < -0.39 is 16.7 Å². The Labute approximate surface area is 76.6 Å². The molecule has 62 valence electrons. The van der Waals surface area contributed by atoms with Crippen LogP contribution in [0, 0.1) is 2.88 Å². The Morgan fingerprint density at radius 2 is 2.00 bits per heavy atom. The first kappa shape index (κ1) is 9.04. The van der Waals surface area contributed by atoms with Gasteiger partial charge in [0.1, 0.15) is 5.69 Å². The quantitative estimate of drug-likeness (QED) is 0.730. The number of rotatable bonds is 0. The molecule has 0 amide bonds. The number of hydrogen-bond acceptors (Lipinski definition) is 2. The lowest BCUT2D eigenvalue weighted by Gasteiger charge is -2.01. The zero-order valence-corrected chi connectivity index (χ0v) is 7.80. The highest BCUT2D eigenvalue weighted by molar-refractivity contribution is 14.1. The number of alkyl halides is 3. The first-order chi connectivity index (χ1) is 4.91. The first-order valence-electron chi connectivity index (χ1n) is 2.37. The Hall–Kier alpha value is -0.0500. The van der Waals surface area contributed by atoms with Crippen LogP contribution in [0.1, 0.15) is 5.69 Å². The average molecular weight is 295 g/mol. The maximum Gasteiger partial charge on any atom is 0.433 e. The minimum absolute atomic E-state index is 0.0555. The highest BCUT2D eigenvalue weighted by atomic mass is 127. The Morgan fingerprint density at radius 1 is 1.45 bits per heavy atom. The van der Waals surface area contributed by atoms with Crippen molar-refractivity contribution in [2.75, 3.05) is 0 Å². The second kappa shape index (κ2) is 2.77. The molecule has 0 saturated carbocycles. The predicted molar refractivity (Wildman–Crippen MR) is 42.7 cm³/mol. The molecule has 1 aromatic heterocycles. The molecule has 0 radical (unpaired) electrons. The van der Waals surface area contributed by atoms with Crippen molar-refractivity contribution in [3.8, 4) is 0 Å². The monoisotopic (exact) mass is 295 g/mol. The second-order valence-corrected chi connectivity index (χ2v) is 4.45. The van der Waals surface area contributed by atoms with Gasteiger partial charge >= 0.3 is 11.0 Å². The SMILES string of the molecule is O=c1[nH]c(C(F)(F)F)c(I)s1. The molecule has 11 heavy (non-hydrogen) atoms. The van der Waals surface area contributed by atoms with E-state index in [-0.39, 0.29) is 2.88 Å². The zero-order chi connectivity index (χ0) is 8.65. The Bertz CT molecular complexity index is 314. The van der Waals surface area contributed by atoms with Crippen LogP contribution in [0.4, 0.5) is 13.2 Å². The van der Waals surface area contributed by atoms with Gasteiger partial charge in [0.05, 0.1) is 2.88 Å². The summed E-state index contributed by atoms with van der Waals surface area (Å²) in [6.45, 7) is 0. The standard InChI is InChI=1S/C4HF3INOS/c5-4(6,7)1-2(8)11-3(10)9-1/h(H,9,10). The van der Waals surface area contributed by atoms with Crippen LogP contribution in [0.15, 0.2) is 4.79 Å². The minimum Gasteiger partial charge on any atom is -0.308 e. The fraction of sp³-hybridized carbons (Fsp3) is 0.250. The Morgan fingerprint density at radius 3 is 2.18 bits per heavy atom. The van der Waals surface area contributed by atoms with E-state index in [1.807, 2.05) is 0 Å². The largest absolute Gasteiger partial charge is 0.433 e. The van der Waals surface area contributed by atoms with Gasteiger partial charge in [0.2, 0.25) is 0 Å². The van der Waals surface area contributed by atoms with E-state index in [2.05, 4.69) is 0 Å². The molecule has 0 fully saturated rings. The lowest BCUT2D eigenvalue weighted by molar-refractivity contribution is -0.141. The number of H-pyrrole nitrogens is 1. The van der Waals surface area contributed by atoms with Gasteiger partial charge in [-0.2, -0.15) is 13.2 Å². The van der Waals surface area contributed by atoms with Crippen molar-refractivity contribution in [1.82, 2.24) is 4.98 Å². The van der Waals surface area contributed by atoms with Crippen LogP contribution < -0.4 is 4.87 Å². The zero-order valence-electron chi connectivity index (χ0n) is 4.83. The Balaban J connectivity index is 3.24. The maximum absolute atomic E-state index is 11.9. The molecule has 0 aliphatic heterocycles. The smallest absolute Gasteiger partial charge is 0.308 e. The lowest BCUT2D eigenvalue weighted by Crippen LogP contribution is -2.09. The van der Waals surface area contributed by atoms with Crippen LogP contribution in [-0.4, -0.2) is 4.98 Å². The first-order valence-corrected chi connectivity index (χ1v) is 4.26.